The van der Waals surface area contributed by atoms with Gasteiger partial charge in [-0.1, -0.05) is 18.2 Å². The van der Waals surface area contributed by atoms with Crippen LogP contribution in [0.1, 0.15) is 54.9 Å². The SMILES string of the molecule is COc1cc(NCCCc2ccc(OCC(C)(C)N)cc2)c(C2CCc3cc(O)ccc3C2)cc1OC. The summed E-state index contributed by atoms with van der Waals surface area (Å²) in [6, 6.07) is 18.2. The molecule has 0 saturated heterocycles. The van der Waals surface area contributed by atoms with Crippen molar-refractivity contribution in [3.8, 4) is 23.0 Å². The first-order valence-electron chi connectivity index (χ1n) is 13.1. The molecule has 3 aromatic rings. The Bertz CT molecular complexity index is 1190. The highest BCUT2D eigenvalue weighted by Gasteiger charge is 2.24. The van der Waals surface area contributed by atoms with Gasteiger partial charge in [0.05, 0.1) is 14.2 Å². The fraction of sp³-hybridized carbons (Fsp3) is 0.419. The van der Waals surface area contributed by atoms with Crippen molar-refractivity contribution in [3.05, 3.63) is 76.9 Å². The summed E-state index contributed by atoms with van der Waals surface area (Å²) in [5, 5.41) is 13.5. The van der Waals surface area contributed by atoms with Crippen LogP contribution in [-0.4, -0.2) is 38.0 Å². The van der Waals surface area contributed by atoms with Crippen molar-refractivity contribution in [1.82, 2.24) is 0 Å². The summed E-state index contributed by atoms with van der Waals surface area (Å²) in [7, 11) is 3.35. The first kappa shape index (κ1) is 26.7. The number of benzene rings is 3. The van der Waals surface area contributed by atoms with Crippen molar-refractivity contribution in [3.63, 3.8) is 0 Å². The number of phenols is 1. The molecule has 37 heavy (non-hydrogen) atoms. The Hall–Kier alpha value is -3.38. The lowest BCUT2D eigenvalue weighted by atomic mass is 9.79. The molecule has 1 unspecified atom stereocenters. The average Bonchev–Trinajstić information content (AvgIpc) is 2.89. The van der Waals surface area contributed by atoms with Gasteiger partial charge in [-0.25, -0.2) is 0 Å². The molecule has 6 nitrogen and oxygen atoms in total. The quantitative estimate of drug-likeness (QED) is 0.284. The third-order valence-electron chi connectivity index (χ3n) is 6.91. The van der Waals surface area contributed by atoms with Crippen LogP contribution in [0.25, 0.3) is 0 Å². The van der Waals surface area contributed by atoms with E-state index in [1.54, 1.807) is 20.3 Å². The molecular weight excluding hydrogens is 464 g/mol. The molecule has 198 valence electrons. The Kier molecular flexibility index (Phi) is 8.49. The van der Waals surface area contributed by atoms with E-state index in [0.717, 1.165) is 61.6 Å². The monoisotopic (exact) mass is 504 g/mol. The molecule has 0 fully saturated rings. The highest BCUT2D eigenvalue weighted by molar-refractivity contribution is 5.62. The molecule has 1 atom stereocenters. The van der Waals surface area contributed by atoms with Crippen molar-refractivity contribution in [2.75, 3.05) is 32.7 Å². The predicted octanol–water partition coefficient (Wildman–Crippen LogP) is 5.84. The van der Waals surface area contributed by atoms with E-state index >= 15 is 0 Å². The van der Waals surface area contributed by atoms with E-state index < -0.39 is 0 Å². The van der Waals surface area contributed by atoms with Crippen molar-refractivity contribution in [2.24, 2.45) is 5.73 Å². The smallest absolute Gasteiger partial charge is 0.162 e. The standard InChI is InChI=1S/C31H40N2O4/c1-31(2,32)20-37-26-13-7-21(8-14-26)6-5-15-33-28-19-30(36-4)29(35-3)18-27(28)24-10-9-23-17-25(34)12-11-22(23)16-24/h7-8,11-14,17-19,24,33-34H,5-6,9-10,15-16,20,32H2,1-4H3. The van der Waals surface area contributed by atoms with E-state index in [1.807, 2.05) is 32.0 Å². The van der Waals surface area contributed by atoms with Crippen LogP contribution in [0.5, 0.6) is 23.0 Å². The minimum atomic E-state index is -0.350. The minimum absolute atomic E-state index is 0.340. The lowest BCUT2D eigenvalue weighted by Gasteiger charge is -2.28. The average molecular weight is 505 g/mol. The number of methoxy groups -OCH3 is 2. The van der Waals surface area contributed by atoms with Crippen LogP contribution in [0.15, 0.2) is 54.6 Å². The van der Waals surface area contributed by atoms with Gasteiger partial charge in [-0.3, -0.25) is 0 Å². The second kappa shape index (κ2) is 11.8. The third-order valence-corrected chi connectivity index (χ3v) is 6.91. The van der Waals surface area contributed by atoms with Crippen LogP contribution >= 0.6 is 0 Å². The molecule has 0 aromatic heterocycles. The summed E-state index contributed by atoms with van der Waals surface area (Å²) in [5.41, 5.74) is 11.8. The van der Waals surface area contributed by atoms with E-state index in [-0.39, 0.29) is 5.54 Å². The number of ether oxygens (including phenoxy) is 3. The summed E-state index contributed by atoms with van der Waals surface area (Å²) in [6.45, 7) is 5.24. The number of aryl methyl sites for hydroxylation is 2. The van der Waals surface area contributed by atoms with Gasteiger partial charge < -0.3 is 30.4 Å². The van der Waals surface area contributed by atoms with Crippen molar-refractivity contribution < 1.29 is 19.3 Å². The number of nitrogens with two attached hydrogens (primary N) is 1. The molecule has 0 spiro atoms. The number of hydrogen-bond donors (Lipinski definition) is 3. The summed E-state index contributed by atoms with van der Waals surface area (Å²) in [6.07, 6.45) is 4.88. The molecular formula is C31H40N2O4. The fourth-order valence-electron chi connectivity index (χ4n) is 4.93. The molecule has 0 heterocycles. The first-order chi connectivity index (χ1) is 17.8. The molecule has 0 bridgehead atoms. The second-order valence-electron chi connectivity index (χ2n) is 10.6. The highest BCUT2D eigenvalue weighted by Crippen LogP contribution is 2.42. The largest absolute Gasteiger partial charge is 0.508 e. The Morgan fingerprint density at radius 1 is 0.973 bits per heavy atom. The Morgan fingerprint density at radius 3 is 2.41 bits per heavy atom. The zero-order valence-corrected chi connectivity index (χ0v) is 22.5. The lowest BCUT2D eigenvalue weighted by Crippen LogP contribution is -2.38. The van der Waals surface area contributed by atoms with Crippen LogP contribution in [0.3, 0.4) is 0 Å². The number of fused-ring (bicyclic) bond motifs is 1. The van der Waals surface area contributed by atoms with Crippen molar-refractivity contribution >= 4 is 5.69 Å². The van der Waals surface area contributed by atoms with E-state index in [0.29, 0.717) is 18.3 Å². The number of aromatic hydroxyl groups is 1. The molecule has 0 saturated carbocycles. The van der Waals surface area contributed by atoms with Crippen LogP contribution in [-0.2, 0) is 19.3 Å². The van der Waals surface area contributed by atoms with E-state index in [9.17, 15) is 5.11 Å². The highest BCUT2D eigenvalue weighted by atomic mass is 16.5. The van der Waals surface area contributed by atoms with Gasteiger partial charge in [-0.15, -0.1) is 0 Å². The van der Waals surface area contributed by atoms with Gasteiger partial charge in [0.2, 0.25) is 0 Å². The molecule has 4 N–H and O–H groups in total. The third kappa shape index (κ3) is 7.10. The maximum absolute atomic E-state index is 9.86. The van der Waals surface area contributed by atoms with Crippen LogP contribution < -0.4 is 25.3 Å². The fourth-order valence-corrected chi connectivity index (χ4v) is 4.93. The number of phenolic OH excluding ortho intramolecular Hbond substituents is 1. The van der Waals surface area contributed by atoms with Crippen LogP contribution in [0.4, 0.5) is 5.69 Å². The van der Waals surface area contributed by atoms with Gasteiger partial charge in [0.15, 0.2) is 11.5 Å². The van der Waals surface area contributed by atoms with Gasteiger partial charge >= 0.3 is 0 Å². The zero-order valence-electron chi connectivity index (χ0n) is 22.5. The zero-order chi connectivity index (χ0) is 26.4. The molecule has 0 aliphatic heterocycles. The summed E-state index contributed by atoms with van der Waals surface area (Å²) in [4.78, 5) is 0. The van der Waals surface area contributed by atoms with Crippen LogP contribution in [0, 0.1) is 0 Å². The molecule has 6 heteroatoms. The van der Waals surface area contributed by atoms with Gasteiger partial charge in [0.25, 0.3) is 0 Å². The van der Waals surface area contributed by atoms with Gasteiger partial charge in [0.1, 0.15) is 18.1 Å². The lowest BCUT2D eigenvalue weighted by molar-refractivity contribution is 0.243. The van der Waals surface area contributed by atoms with E-state index in [4.69, 9.17) is 19.9 Å². The Labute approximate surface area is 220 Å². The van der Waals surface area contributed by atoms with Gasteiger partial charge in [-0.2, -0.15) is 0 Å². The first-order valence-corrected chi connectivity index (χ1v) is 13.1. The molecule has 4 rings (SSSR count). The number of anilines is 1. The maximum Gasteiger partial charge on any atom is 0.162 e. The number of nitrogens with one attached hydrogen (secondary N) is 1. The van der Waals surface area contributed by atoms with Gasteiger partial charge in [-0.05, 0) is 104 Å². The van der Waals surface area contributed by atoms with Crippen molar-refractivity contribution in [2.45, 2.75) is 57.4 Å². The molecule has 3 aromatic carbocycles. The summed E-state index contributed by atoms with van der Waals surface area (Å²) < 4.78 is 17.0. The summed E-state index contributed by atoms with van der Waals surface area (Å²) in [5.74, 6) is 3.03. The number of hydrogen-bond acceptors (Lipinski definition) is 6. The van der Waals surface area contributed by atoms with Gasteiger partial charge in [0, 0.05) is 23.8 Å². The molecule has 1 aliphatic rings. The Balaban J connectivity index is 1.41. The Morgan fingerprint density at radius 2 is 1.70 bits per heavy atom. The normalized spacial score (nSPS) is 15.1. The number of rotatable bonds is 11. The topological polar surface area (TPSA) is 86.0 Å². The second-order valence-corrected chi connectivity index (χ2v) is 10.6. The molecule has 0 radical (unpaired) electrons. The molecule has 1 aliphatic carbocycles. The minimum Gasteiger partial charge on any atom is -0.508 e. The van der Waals surface area contributed by atoms with Crippen LogP contribution in [0.2, 0.25) is 0 Å². The summed E-state index contributed by atoms with van der Waals surface area (Å²) >= 11 is 0. The van der Waals surface area contributed by atoms with E-state index in [2.05, 4.69) is 35.6 Å². The predicted molar refractivity (Wildman–Crippen MR) is 149 cm³/mol. The van der Waals surface area contributed by atoms with Crippen molar-refractivity contribution in [1.29, 1.82) is 0 Å². The van der Waals surface area contributed by atoms with E-state index in [1.165, 1.54) is 22.3 Å². The molecule has 0 amide bonds. The maximum atomic E-state index is 9.86.